The second kappa shape index (κ2) is 16.2. The molecule has 1 N–H and O–H groups in total. The maximum absolute atomic E-state index is 13.7. The monoisotopic (exact) mass is 607 g/mol. The highest BCUT2D eigenvalue weighted by Crippen LogP contribution is 2.37. The molecule has 1 aromatic heterocycles. The van der Waals surface area contributed by atoms with Crippen LogP contribution in [0.15, 0.2) is 66.9 Å². The molecule has 4 rings (SSSR count). The number of nitriles is 1. The van der Waals surface area contributed by atoms with E-state index >= 15 is 0 Å². The normalized spacial score (nSPS) is 14.1. The van der Waals surface area contributed by atoms with Crippen molar-refractivity contribution in [1.29, 1.82) is 5.26 Å². The van der Waals surface area contributed by atoms with E-state index in [0.717, 1.165) is 41.1 Å². The molecule has 0 aliphatic heterocycles. The van der Waals surface area contributed by atoms with Gasteiger partial charge in [-0.2, -0.15) is 5.26 Å². The maximum Gasteiger partial charge on any atom is 0.252 e. The SMILES string of the molecule is CN(CCCC=O)c1cc(C#N)ccn1.Cc1ccccc1CCC(C(=O)NC1CC(F)(F)C1)N(C=O)c1cccc(F)c1. The summed E-state index contributed by atoms with van der Waals surface area (Å²) in [4.78, 5) is 42.1. The lowest BCUT2D eigenvalue weighted by Crippen LogP contribution is -2.56. The van der Waals surface area contributed by atoms with Crippen LogP contribution in [0.4, 0.5) is 24.7 Å². The van der Waals surface area contributed by atoms with Crippen molar-refractivity contribution < 1.29 is 27.6 Å². The largest absolute Gasteiger partial charge is 0.360 e. The van der Waals surface area contributed by atoms with Crippen molar-refractivity contribution in [1.82, 2.24) is 10.3 Å². The Morgan fingerprint density at radius 3 is 2.55 bits per heavy atom. The number of carbonyl (C=O) groups is 3. The van der Waals surface area contributed by atoms with E-state index in [9.17, 15) is 27.6 Å². The fourth-order valence-corrected chi connectivity index (χ4v) is 4.81. The highest BCUT2D eigenvalue weighted by molar-refractivity contribution is 5.92. The van der Waals surface area contributed by atoms with Gasteiger partial charge in [-0.05, 0) is 67.6 Å². The quantitative estimate of drug-likeness (QED) is 0.207. The van der Waals surface area contributed by atoms with Crippen LogP contribution in [0.1, 0.15) is 48.8 Å². The summed E-state index contributed by atoms with van der Waals surface area (Å²) >= 11 is 0. The number of anilines is 2. The number of pyridine rings is 1. The third kappa shape index (κ3) is 9.93. The lowest BCUT2D eigenvalue weighted by Gasteiger charge is -2.37. The van der Waals surface area contributed by atoms with Gasteiger partial charge in [0.25, 0.3) is 5.92 Å². The molecule has 8 nitrogen and oxygen atoms in total. The molecule has 0 bridgehead atoms. The number of hydrogen-bond donors (Lipinski definition) is 1. The van der Waals surface area contributed by atoms with Crippen LogP contribution in [0.2, 0.25) is 0 Å². The van der Waals surface area contributed by atoms with E-state index in [4.69, 9.17) is 5.26 Å². The van der Waals surface area contributed by atoms with Crippen LogP contribution in [0.25, 0.3) is 0 Å². The van der Waals surface area contributed by atoms with Gasteiger partial charge in [-0.1, -0.05) is 30.3 Å². The molecule has 0 radical (unpaired) electrons. The number of halogens is 3. The summed E-state index contributed by atoms with van der Waals surface area (Å²) in [7, 11) is 1.90. The second-order valence-corrected chi connectivity index (χ2v) is 10.7. The summed E-state index contributed by atoms with van der Waals surface area (Å²) in [5.41, 5.74) is 2.91. The number of benzene rings is 2. The van der Waals surface area contributed by atoms with Crippen molar-refractivity contribution in [2.75, 3.05) is 23.4 Å². The van der Waals surface area contributed by atoms with Crippen molar-refractivity contribution in [2.24, 2.45) is 0 Å². The Morgan fingerprint density at radius 2 is 1.91 bits per heavy atom. The molecule has 1 heterocycles. The number of rotatable bonds is 13. The number of aromatic nitrogens is 1. The molecule has 1 unspecified atom stereocenters. The van der Waals surface area contributed by atoms with E-state index in [1.54, 1.807) is 18.3 Å². The van der Waals surface area contributed by atoms with Gasteiger partial charge in [0, 0.05) is 50.8 Å². The van der Waals surface area contributed by atoms with Gasteiger partial charge >= 0.3 is 0 Å². The second-order valence-electron chi connectivity index (χ2n) is 10.7. The Morgan fingerprint density at radius 1 is 1.16 bits per heavy atom. The summed E-state index contributed by atoms with van der Waals surface area (Å²) in [5.74, 6) is -3.05. The van der Waals surface area contributed by atoms with Crippen LogP contribution >= 0.6 is 0 Å². The number of nitrogens with zero attached hydrogens (tertiary/aromatic N) is 4. The highest BCUT2D eigenvalue weighted by atomic mass is 19.3. The number of unbranched alkanes of at least 4 members (excludes halogenated alkanes) is 1. The van der Waals surface area contributed by atoms with Crippen LogP contribution in [-0.4, -0.2) is 55.2 Å². The van der Waals surface area contributed by atoms with Gasteiger partial charge in [-0.25, -0.2) is 18.2 Å². The fraction of sp³-hybridized carbons (Fsp3) is 0.364. The summed E-state index contributed by atoms with van der Waals surface area (Å²) in [6, 6.07) is 17.0. The van der Waals surface area contributed by atoms with Gasteiger partial charge in [-0.15, -0.1) is 0 Å². The molecule has 1 atom stereocenters. The van der Waals surface area contributed by atoms with E-state index in [1.165, 1.54) is 24.3 Å². The van der Waals surface area contributed by atoms with E-state index in [-0.39, 0.29) is 12.1 Å². The number of hydrogen-bond acceptors (Lipinski definition) is 6. The minimum Gasteiger partial charge on any atom is -0.360 e. The van der Waals surface area contributed by atoms with E-state index in [1.807, 2.05) is 43.1 Å². The van der Waals surface area contributed by atoms with Crippen molar-refractivity contribution in [3.05, 3.63) is 89.4 Å². The Kier molecular flexibility index (Phi) is 12.4. The van der Waals surface area contributed by atoms with Crippen molar-refractivity contribution in [2.45, 2.75) is 63.5 Å². The first-order valence-corrected chi connectivity index (χ1v) is 14.3. The Hall–Kier alpha value is -4.72. The first kappa shape index (κ1) is 33.8. The zero-order valence-electron chi connectivity index (χ0n) is 24.8. The Labute approximate surface area is 255 Å². The van der Waals surface area contributed by atoms with Crippen molar-refractivity contribution >= 4 is 30.1 Å². The number of carbonyl (C=O) groups excluding carboxylic acids is 3. The summed E-state index contributed by atoms with van der Waals surface area (Å²) in [5, 5.41) is 11.3. The van der Waals surface area contributed by atoms with Crippen LogP contribution in [-0.2, 0) is 20.8 Å². The molecule has 232 valence electrons. The number of amides is 2. The topological polar surface area (TPSA) is 106 Å². The van der Waals surface area contributed by atoms with Crippen LogP contribution in [0, 0.1) is 24.1 Å². The molecule has 11 heteroatoms. The minimum absolute atomic E-state index is 0.240. The van der Waals surface area contributed by atoms with Gasteiger partial charge in [-0.3, -0.25) is 9.59 Å². The molecule has 2 amide bonds. The van der Waals surface area contributed by atoms with Gasteiger partial charge in [0.05, 0.1) is 11.6 Å². The summed E-state index contributed by atoms with van der Waals surface area (Å²) < 4.78 is 39.9. The average Bonchev–Trinajstić information content (AvgIpc) is 2.99. The molecule has 1 fully saturated rings. The predicted molar refractivity (Wildman–Crippen MR) is 162 cm³/mol. The third-order valence-corrected chi connectivity index (χ3v) is 7.32. The average molecular weight is 608 g/mol. The molecule has 1 saturated carbocycles. The fourth-order valence-electron chi connectivity index (χ4n) is 4.81. The summed E-state index contributed by atoms with van der Waals surface area (Å²) in [6.45, 7) is 2.71. The lowest BCUT2D eigenvalue weighted by molar-refractivity contribution is -0.131. The van der Waals surface area contributed by atoms with Gasteiger partial charge in [0.15, 0.2) is 0 Å². The number of aldehydes is 1. The highest BCUT2D eigenvalue weighted by Gasteiger charge is 2.46. The van der Waals surface area contributed by atoms with E-state index in [2.05, 4.69) is 16.4 Å². The molecule has 44 heavy (non-hydrogen) atoms. The molecule has 0 spiro atoms. The molecule has 3 aromatic rings. The zero-order valence-corrected chi connectivity index (χ0v) is 24.8. The first-order chi connectivity index (χ1) is 21.1. The molecular formula is C33H36F3N5O3. The maximum atomic E-state index is 13.7. The van der Waals surface area contributed by atoms with Crippen molar-refractivity contribution in [3.63, 3.8) is 0 Å². The molecule has 0 saturated heterocycles. The van der Waals surface area contributed by atoms with E-state index < -0.39 is 42.6 Å². The molecule has 1 aliphatic carbocycles. The molecule has 1 aliphatic rings. The number of nitrogens with one attached hydrogen (secondary N) is 1. The molecule has 2 aromatic carbocycles. The standard InChI is InChI=1S/C22H23F3N2O2.C11H13N3O/c1-15-5-2-3-6-16(15)9-10-20(21(29)26-18-12-22(24,25)13-18)27(14-28)19-8-4-7-17(23)11-19;1-14(6-2-3-7-15)11-8-10(9-12)4-5-13-11/h2-8,11,14,18,20H,9-10,12-13H2,1H3,(H,26,29);4-5,7-8H,2-3,6H2,1H3. The number of aryl methyl sites for hydroxylation is 2. The molecular weight excluding hydrogens is 571 g/mol. The first-order valence-electron chi connectivity index (χ1n) is 14.3. The number of alkyl halides is 2. The van der Waals surface area contributed by atoms with Gasteiger partial charge in [0.1, 0.15) is 24.0 Å². The van der Waals surface area contributed by atoms with Crippen LogP contribution < -0.4 is 15.1 Å². The van der Waals surface area contributed by atoms with E-state index in [0.29, 0.717) is 24.8 Å². The Bertz CT molecular complexity index is 1450. The van der Waals surface area contributed by atoms with Gasteiger partial charge < -0.3 is 19.9 Å². The summed E-state index contributed by atoms with van der Waals surface area (Å²) in [6.07, 6.45) is 4.32. The van der Waals surface area contributed by atoms with Crippen LogP contribution in [0.3, 0.4) is 0 Å². The Balaban J connectivity index is 0.000000297. The lowest BCUT2D eigenvalue weighted by atomic mass is 9.88. The predicted octanol–water partition coefficient (Wildman–Crippen LogP) is 5.38. The zero-order chi connectivity index (χ0) is 32.1. The van der Waals surface area contributed by atoms with Crippen molar-refractivity contribution in [3.8, 4) is 6.07 Å². The van der Waals surface area contributed by atoms with Crippen LogP contribution in [0.5, 0.6) is 0 Å². The smallest absolute Gasteiger partial charge is 0.252 e. The third-order valence-electron chi connectivity index (χ3n) is 7.32. The van der Waals surface area contributed by atoms with Gasteiger partial charge in [0.2, 0.25) is 12.3 Å². The minimum atomic E-state index is -2.76.